The summed E-state index contributed by atoms with van der Waals surface area (Å²) in [5, 5.41) is 7.41. The minimum Gasteiger partial charge on any atom is -0.368 e. The fraction of sp³-hybridized carbons (Fsp3) is 0.565. The maximum absolute atomic E-state index is 13.4. The molecule has 1 aromatic heterocycles. The van der Waals surface area contributed by atoms with Gasteiger partial charge in [-0.25, -0.2) is 0 Å². The van der Waals surface area contributed by atoms with Crippen LogP contribution < -0.4 is 0 Å². The molecule has 1 unspecified atom stereocenters. The SMILES string of the molecule is O=C(C1CCCCN1Cc1ccccc1)N1CCC2(CC1)OCCc1cn[nH]c12. The largest absolute Gasteiger partial charge is 0.368 e. The summed E-state index contributed by atoms with van der Waals surface area (Å²) in [5.74, 6) is 0.302. The molecule has 1 N–H and O–H groups in total. The molecular weight excluding hydrogens is 364 g/mol. The van der Waals surface area contributed by atoms with Crippen LogP contribution in [-0.2, 0) is 28.1 Å². The lowest BCUT2D eigenvalue weighted by atomic mass is 9.83. The Hall–Kier alpha value is -2.18. The zero-order valence-corrected chi connectivity index (χ0v) is 17.0. The van der Waals surface area contributed by atoms with E-state index in [0.717, 1.165) is 70.6 Å². The number of aromatic amines is 1. The van der Waals surface area contributed by atoms with Crippen molar-refractivity contribution < 1.29 is 9.53 Å². The number of carbonyl (C=O) groups excluding carboxylic acids is 1. The van der Waals surface area contributed by atoms with Crippen LogP contribution in [0.2, 0.25) is 0 Å². The lowest BCUT2D eigenvalue weighted by Crippen LogP contribution is -2.55. The molecule has 0 radical (unpaired) electrons. The van der Waals surface area contributed by atoms with Crippen molar-refractivity contribution in [3.63, 3.8) is 0 Å². The van der Waals surface area contributed by atoms with Crippen LogP contribution in [0.3, 0.4) is 0 Å². The first-order valence-corrected chi connectivity index (χ1v) is 11.0. The highest BCUT2D eigenvalue weighted by atomic mass is 16.5. The van der Waals surface area contributed by atoms with Crippen LogP contribution in [0.4, 0.5) is 0 Å². The quantitative estimate of drug-likeness (QED) is 0.870. The van der Waals surface area contributed by atoms with Gasteiger partial charge in [0.05, 0.1) is 24.5 Å². The summed E-state index contributed by atoms with van der Waals surface area (Å²) in [7, 11) is 0. The smallest absolute Gasteiger partial charge is 0.239 e. The molecule has 6 heteroatoms. The molecule has 1 aromatic carbocycles. The van der Waals surface area contributed by atoms with Crippen LogP contribution in [0.5, 0.6) is 0 Å². The molecule has 4 heterocycles. The molecule has 2 aromatic rings. The molecule has 2 fully saturated rings. The summed E-state index contributed by atoms with van der Waals surface area (Å²) in [5.41, 5.74) is 3.42. The van der Waals surface area contributed by atoms with Gasteiger partial charge in [0, 0.05) is 19.6 Å². The van der Waals surface area contributed by atoms with E-state index in [0.29, 0.717) is 5.91 Å². The number of nitrogens with zero attached hydrogens (tertiary/aromatic N) is 3. The Morgan fingerprint density at radius 2 is 2.00 bits per heavy atom. The summed E-state index contributed by atoms with van der Waals surface area (Å²) < 4.78 is 6.25. The van der Waals surface area contributed by atoms with Crippen molar-refractivity contribution in [2.24, 2.45) is 0 Å². The topological polar surface area (TPSA) is 61.5 Å². The second-order valence-electron chi connectivity index (χ2n) is 8.66. The number of nitrogens with one attached hydrogen (secondary N) is 1. The molecule has 0 saturated carbocycles. The monoisotopic (exact) mass is 394 g/mol. The van der Waals surface area contributed by atoms with Gasteiger partial charge in [0.1, 0.15) is 5.60 Å². The predicted molar refractivity (Wildman–Crippen MR) is 110 cm³/mol. The van der Waals surface area contributed by atoms with Crippen molar-refractivity contribution in [3.8, 4) is 0 Å². The van der Waals surface area contributed by atoms with E-state index in [2.05, 4.69) is 44.3 Å². The number of piperidine rings is 2. The minimum atomic E-state index is -0.281. The molecule has 154 valence electrons. The Balaban J connectivity index is 1.26. The maximum atomic E-state index is 13.4. The molecule has 1 spiro atoms. The summed E-state index contributed by atoms with van der Waals surface area (Å²) in [4.78, 5) is 17.9. The molecule has 3 aliphatic rings. The van der Waals surface area contributed by atoms with Gasteiger partial charge in [-0.1, -0.05) is 36.8 Å². The van der Waals surface area contributed by atoms with Gasteiger partial charge in [-0.15, -0.1) is 0 Å². The highest BCUT2D eigenvalue weighted by Gasteiger charge is 2.44. The third kappa shape index (κ3) is 3.60. The molecule has 5 rings (SSSR count). The van der Waals surface area contributed by atoms with E-state index in [4.69, 9.17) is 4.74 Å². The first-order valence-electron chi connectivity index (χ1n) is 11.0. The lowest BCUT2D eigenvalue weighted by molar-refractivity contribution is -0.147. The number of hydrogen-bond acceptors (Lipinski definition) is 4. The second-order valence-corrected chi connectivity index (χ2v) is 8.66. The van der Waals surface area contributed by atoms with E-state index in [-0.39, 0.29) is 11.6 Å². The molecule has 2 saturated heterocycles. The number of ether oxygens (including phenoxy) is 1. The number of amides is 1. The van der Waals surface area contributed by atoms with Gasteiger partial charge in [-0.05, 0) is 49.8 Å². The highest BCUT2D eigenvalue weighted by molar-refractivity contribution is 5.82. The molecule has 29 heavy (non-hydrogen) atoms. The van der Waals surface area contributed by atoms with Crippen molar-refractivity contribution in [1.29, 1.82) is 0 Å². The highest BCUT2D eigenvalue weighted by Crippen LogP contribution is 2.40. The number of aromatic nitrogens is 2. The minimum absolute atomic E-state index is 0.00740. The molecule has 0 bridgehead atoms. The Morgan fingerprint density at radius 1 is 1.17 bits per heavy atom. The van der Waals surface area contributed by atoms with Crippen molar-refractivity contribution in [2.45, 2.75) is 56.7 Å². The first-order chi connectivity index (χ1) is 14.3. The van der Waals surface area contributed by atoms with Crippen molar-refractivity contribution in [3.05, 3.63) is 53.3 Å². The van der Waals surface area contributed by atoms with E-state index in [1.807, 2.05) is 12.3 Å². The Kier molecular flexibility index (Phi) is 5.14. The third-order valence-corrected chi connectivity index (χ3v) is 6.93. The normalized spacial score (nSPS) is 24.4. The van der Waals surface area contributed by atoms with Gasteiger partial charge in [0.2, 0.25) is 5.91 Å². The van der Waals surface area contributed by atoms with Crippen LogP contribution >= 0.6 is 0 Å². The van der Waals surface area contributed by atoms with Crippen LogP contribution in [0.15, 0.2) is 36.5 Å². The molecule has 0 aliphatic carbocycles. The fourth-order valence-electron chi connectivity index (χ4n) is 5.29. The van der Waals surface area contributed by atoms with E-state index in [1.54, 1.807) is 0 Å². The van der Waals surface area contributed by atoms with Gasteiger partial charge < -0.3 is 9.64 Å². The van der Waals surface area contributed by atoms with Crippen LogP contribution in [0, 0.1) is 0 Å². The number of fused-ring (bicyclic) bond motifs is 2. The zero-order valence-electron chi connectivity index (χ0n) is 17.0. The van der Waals surface area contributed by atoms with E-state index >= 15 is 0 Å². The molecule has 1 atom stereocenters. The number of benzene rings is 1. The van der Waals surface area contributed by atoms with Crippen LogP contribution in [-0.4, -0.2) is 58.2 Å². The Labute approximate surface area is 172 Å². The molecule has 6 nitrogen and oxygen atoms in total. The van der Waals surface area contributed by atoms with Gasteiger partial charge in [0.15, 0.2) is 0 Å². The van der Waals surface area contributed by atoms with Crippen molar-refractivity contribution in [1.82, 2.24) is 20.0 Å². The average Bonchev–Trinajstić information content (AvgIpc) is 3.26. The molecule has 1 amide bonds. The first kappa shape index (κ1) is 18.8. The molecular formula is C23H30N4O2. The van der Waals surface area contributed by atoms with E-state index < -0.39 is 0 Å². The fourth-order valence-corrected chi connectivity index (χ4v) is 5.29. The summed E-state index contributed by atoms with van der Waals surface area (Å²) in [6, 6.07) is 10.5. The standard InChI is InChI=1S/C23H30N4O2/c28-22(20-8-4-5-12-27(20)17-18-6-2-1-3-7-18)26-13-10-23(11-14-26)21-19(9-15-29-23)16-24-25-21/h1-3,6-7,16,20H,4-5,8-15,17H2,(H,24,25). The number of rotatable bonds is 3. The molecule has 3 aliphatic heterocycles. The second kappa shape index (κ2) is 7.92. The Bertz CT molecular complexity index is 842. The zero-order chi connectivity index (χ0) is 19.7. The van der Waals surface area contributed by atoms with Gasteiger partial charge in [0.25, 0.3) is 0 Å². The van der Waals surface area contributed by atoms with Crippen LogP contribution in [0.25, 0.3) is 0 Å². The number of carbonyl (C=O) groups is 1. The average molecular weight is 395 g/mol. The number of H-pyrrole nitrogens is 1. The van der Waals surface area contributed by atoms with E-state index in [1.165, 1.54) is 17.5 Å². The van der Waals surface area contributed by atoms with Crippen molar-refractivity contribution >= 4 is 5.91 Å². The maximum Gasteiger partial charge on any atom is 0.239 e. The van der Waals surface area contributed by atoms with Gasteiger partial charge in [-0.3, -0.25) is 14.8 Å². The summed E-state index contributed by atoms with van der Waals surface area (Å²) in [6.07, 6.45) is 7.83. The third-order valence-electron chi connectivity index (χ3n) is 6.93. The van der Waals surface area contributed by atoms with Gasteiger partial charge >= 0.3 is 0 Å². The van der Waals surface area contributed by atoms with E-state index in [9.17, 15) is 4.79 Å². The summed E-state index contributed by atoms with van der Waals surface area (Å²) in [6.45, 7) is 4.12. The predicted octanol–water partition coefficient (Wildman–Crippen LogP) is 2.85. The summed E-state index contributed by atoms with van der Waals surface area (Å²) >= 11 is 0. The van der Waals surface area contributed by atoms with Gasteiger partial charge in [-0.2, -0.15) is 5.10 Å². The number of likely N-dealkylation sites (tertiary alicyclic amines) is 2. The Morgan fingerprint density at radius 3 is 2.83 bits per heavy atom. The van der Waals surface area contributed by atoms with Crippen LogP contribution in [0.1, 0.15) is 48.9 Å². The number of hydrogen-bond donors (Lipinski definition) is 1. The van der Waals surface area contributed by atoms with Crippen molar-refractivity contribution in [2.75, 3.05) is 26.2 Å². The lowest BCUT2D eigenvalue weighted by Gasteiger charge is -2.45.